The van der Waals surface area contributed by atoms with Gasteiger partial charge in [0.1, 0.15) is 10.9 Å². The van der Waals surface area contributed by atoms with Gasteiger partial charge in [-0.3, -0.25) is 14.5 Å². The van der Waals surface area contributed by atoms with E-state index in [1.165, 1.54) is 16.7 Å². The molecule has 2 amide bonds. The highest BCUT2D eigenvalue weighted by molar-refractivity contribution is 8.26. The molecule has 30 heavy (non-hydrogen) atoms. The Morgan fingerprint density at radius 3 is 2.50 bits per heavy atom. The first kappa shape index (κ1) is 21.9. The number of carbonyl (C=O) groups is 2. The average Bonchev–Trinajstić information content (AvgIpc) is 3.01. The minimum absolute atomic E-state index is 0.0860. The van der Waals surface area contributed by atoms with Crippen molar-refractivity contribution in [1.29, 1.82) is 0 Å². The smallest absolute Gasteiger partial charge is 0.266 e. The second-order valence-electron chi connectivity index (χ2n) is 6.62. The van der Waals surface area contributed by atoms with Crippen LogP contribution in [0.2, 0.25) is 0 Å². The minimum Gasteiger partial charge on any atom is -0.493 e. The quantitative estimate of drug-likeness (QED) is 0.483. The third-order valence-corrected chi connectivity index (χ3v) is 5.94. The molecule has 8 heteroatoms. The number of likely N-dealkylation sites (N-methyl/N-ethyl adjacent to an activating group) is 1. The van der Waals surface area contributed by atoms with E-state index in [4.69, 9.17) is 21.7 Å². The molecule has 0 aliphatic carbocycles. The summed E-state index contributed by atoms with van der Waals surface area (Å²) in [6.07, 6.45) is 1.74. The molecule has 6 nitrogen and oxygen atoms in total. The van der Waals surface area contributed by atoms with Crippen molar-refractivity contribution in [2.24, 2.45) is 0 Å². The maximum Gasteiger partial charge on any atom is 0.266 e. The van der Waals surface area contributed by atoms with Crippen molar-refractivity contribution in [2.45, 2.75) is 6.54 Å². The largest absolute Gasteiger partial charge is 0.493 e. The van der Waals surface area contributed by atoms with Gasteiger partial charge >= 0.3 is 0 Å². The highest BCUT2D eigenvalue weighted by atomic mass is 32.2. The molecule has 0 aromatic heterocycles. The van der Waals surface area contributed by atoms with Crippen molar-refractivity contribution in [1.82, 2.24) is 9.80 Å². The Morgan fingerprint density at radius 1 is 1.13 bits per heavy atom. The van der Waals surface area contributed by atoms with Gasteiger partial charge < -0.3 is 14.4 Å². The zero-order valence-corrected chi connectivity index (χ0v) is 18.6. The number of hydrogen-bond donors (Lipinski definition) is 0. The molecule has 0 saturated carbocycles. The molecule has 0 atom stereocenters. The number of methoxy groups -OCH3 is 2. The predicted molar refractivity (Wildman–Crippen MR) is 122 cm³/mol. The zero-order chi connectivity index (χ0) is 21.7. The Kier molecular flexibility index (Phi) is 7.12. The normalized spacial score (nSPS) is 14.9. The van der Waals surface area contributed by atoms with Gasteiger partial charge in [0, 0.05) is 13.6 Å². The van der Waals surface area contributed by atoms with Crippen molar-refractivity contribution in [3.8, 4) is 11.5 Å². The molecule has 0 bridgehead atoms. The van der Waals surface area contributed by atoms with Gasteiger partial charge in [-0.2, -0.15) is 0 Å². The zero-order valence-electron chi connectivity index (χ0n) is 17.0. The Bertz CT molecular complexity index is 992. The van der Waals surface area contributed by atoms with E-state index in [1.807, 2.05) is 36.4 Å². The molecular formula is C22H22N2O4S2. The van der Waals surface area contributed by atoms with E-state index < -0.39 is 0 Å². The van der Waals surface area contributed by atoms with Crippen LogP contribution in [0.4, 0.5) is 0 Å². The molecule has 1 aliphatic rings. The number of rotatable bonds is 7. The van der Waals surface area contributed by atoms with Gasteiger partial charge in [-0.15, -0.1) is 0 Å². The molecule has 0 spiro atoms. The molecule has 1 saturated heterocycles. The number of thioether (sulfide) groups is 1. The monoisotopic (exact) mass is 442 g/mol. The summed E-state index contributed by atoms with van der Waals surface area (Å²) in [4.78, 5) is 28.9. The van der Waals surface area contributed by atoms with E-state index in [1.54, 1.807) is 44.4 Å². The van der Waals surface area contributed by atoms with Crippen LogP contribution in [0.5, 0.6) is 11.5 Å². The topological polar surface area (TPSA) is 59.1 Å². The van der Waals surface area contributed by atoms with Crippen LogP contribution in [0.15, 0.2) is 53.4 Å². The molecule has 0 N–H and O–H groups in total. The number of carbonyl (C=O) groups excluding carboxylic acids is 2. The Labute approximate surface area is 185 Å². The molecule has 3 rings (SSSR count). The summed E-state index contributed by atoms with van der Waals surface area (Å²) in [5, 5.41) is 0. The van der Waals surface area contributed by atoms with Gasteiger partial charge in [-0.05, 0) is 29.3 Å². The maximum absolute atomic E-state index is 12.8. The van der Waals surface area contributed by atoms with Crippen LogP contribution >= 0.6 is 24.0 Å². The molecule has 0 unspecified atom stereocenters. The van der Waals surface area contributed by atoms with Crippen LogP contribution in [0.1, 0.15) is 11.1 Å². The maximum atomic E-state index is 12.8. The van der Waals surface area contributed by atoms with Crippen LogP contribution in [0, 0.1) is 0 Å². The van der Waals surface area contributed by atoms with E-state index >= 15 is 0 Å². The lowest BCUT2D eigenvalue weighted by Gasteiger charge is -2.21. The fourth-order valence-corrected chi connectivity index (χ4v) is 4.19. The molecule has 2 aromatic carbocycles. The van der Waals surface area contributed by atoms with E-state index in [9.17, 15) is 9.59 Å². The SMILES string of the molecule is COc1ccc(/C=C2/SC(=S)N(CC(=O)N(C)Cc3ccccc3)C2=O)cc1OC. The molecule has 1 fully saturated rings. The van der Waals surface area contributed by atoms with Gasteiger partial charge in [-0.1, -0.05) is 60.4 Å². The summed E-state index contributed by atoms with van der Waals surface area (Å²) >= 11 is 6.53. The Balaban J connectivity index is 1.70. The van der Waals surface area contributed by atoms with Crippen LogP contribution in [0.3, 0.4) is 0 Å². The highest BCUT2D eigenvalue weighted by Gasteiger charge is 2.34. The average molecular weight is 443 g/mol. The molecule has 2 aromatic rings. The first-order valence-electron chi connectivity index (χ1n) is 9.18. The lowest BCUT2D eigenvalue weighted by atomic mass is 10.2. The second kappa shape index (κ2) is 9.77. The number of nitrogens with zero attached hydrogens (tertiary/aromatic N) is 2. The van der Waals surface area contributed by atoms with Gasteiger partial charge in [0.15, 0.2) is 11.5 Å². The first-order valence-corrected chi connectivity index (χ1v) is 10.4. The summed E-state index contributed by atoms with van der Waals surface area (Å²) in [7, 11) is 4.83. The lowest BCUT2D eigenvalue weighted by Crippen LogP contribution is -2.40. The molecule has 1 heterocycles. The second-order valence-corrected chi connectivity index (χ2v) is 8.29. The van der Waals surface area contributed by atoms with Crippen molar-refractivity contribution >= 4 is 46.2 Å². The minimum atomic E-state index is -0.277. The number of amides is 2. The van der Waals surface area contributed by atoms with Crippen LogP contribution in [-0.2, 0) is 16.1 Å². The Hall–Kier alpha value is -2.84. The fourth-order valence-electron chi connectivity index (χ4n) is 2.93. The third kappa shape index (κ3) is 5.01. The number of hydrogen-bond acceptors (Lipinski definition) is 6. The van der Waals surface area contributed by atoms with E-state index in [-0.39, 0.29) is 18.4 Å². The highest BCUT2D eigenvalue weighted by Crippen LogP contribution is 2.34. The number of benzene rings is 2. The number of ether oxygens (including phenoxy) is 2. The van der Waals surface area contributed by atoms with E-state index in [0.29, 0.717) is 27.3 Å². The van der Waals surface area contributed by atoms with Gasteiger partial charge in [0.05, 0.1) is 19.1 Å². The fraction of sp³-hybridized carbons (Fsp3) is 0.227. The summed E-state index contributed by atoms with van der Waals surface area (Å²) in [6, 6.07) is 15.1. The van der Waals surface area contributed by atoms with E-state index in [2.05, 4.69) is 0 Å². The lowest BCUT2D eigenvalue weighted by molar-refractivity contribution is -0.134. The number of thiocarbonyl (C=S) groups is 1. The van der Waals surface area contributed by atoms with Crippen molar-refractivity contribution in [2.75, 3.05) is 27.8 Å². The first-order chi connectivity index (χ1) is 14.4. The Morgan fingerprint density at radius 2 is 1.83 bits per heavy atom. The molecule has 156 valence electrons. The molecular weight excluding hydrogens is 420 g/mol. The van der Waals surface area contributed by atoms with Gasteiger partial charge in [-0.25, -0.2) is 0 Å². The van der Waals surface area contributed by atoms with Gasteiger partial charge in [0.25, 0.3) is 5.91 Å². The third-order valence-electron chi connectivity index (χ3n) is 4.56. The van der Waals surface area contributed by atoms with Crippen molar-refractivity contribution in [3.63, 3.8) is 0 Å². The molecule has 0 radical (unpaired) electrons. The summed E-state index contributed by atoms with van der Waals surface area (Å²) < 4.78 is 10.9. The van der Waals surface area contributed by atoms with Crippen molar-refractivity contribution in [3.05, 3.63) is 64.6 Å². The summed E-state index contributed by atoms with van der Waals surface area (Å²) in [5.41, 5.74) is 1.80. The van der Waals surface area contributed by atoms with E-state index in [0.717, 1.165) is 11.1 Å². The molecule has 1 aliphatic heterocycles. The van der Waals surface area contributed by atoms with Crippen molar-refractivity contribution < 1.29 is 19.1 Å². The van der Waals surface area contributed by atoms with Crippen LogP contribution in [-0.4, -0.2) is 53.7 Å². The van der Waals surface area contributed by atoms with Crippen LogP contribution in [0.25, 0.3) is 6.08 Å². The van der Waals surface area contributed by atoms with Crippen LogP contribution < -0.4 is 9.47 Å². The summed E-state index contributed by atoms with van der Waals surface area (Å²) in [5.74, 6) is 0.720. The standard InChI is InChI=1S/C22H22N2O4S2/c1-23(13-15-7-5-4-6-8-15)20(25)14-24-21(26)19(30-22(24)29)12-16-9-10-17(27-2)18(11-16)28-3/h4-12H,13-14H2,1-3H3/b19-12+. The predicted octanol–water partition coefficient (Wildman–Crippen LogP) is 3.56. The van der Waals surface area contributed by atoms with Gasteiger partial charge in [0.2, 0.25) is 5.91 Å². The summed E-state index contributed by atoms with van der Waals surface area (Å²) in [6.45, 7) is 0.382.